The van der Waals surface area contributed by atoms with Crippen molar-refractivity contribution in [2.75, 3.05) is 14.1 Å². The van der Waals surface area contributed by atoms with E-state index in [4.69, 9.17) is 5.73 Å². The standard InChI is InChI=1S/C19H30N2/c1-21(2)19(11-4-3-5-12-19)18(20)14-15-9-10-16-7-6-8-17(16)13-15/h9-10,13,18H,3-8,11-12,14,20H2,1-2H3. The van der Waals surface area contributed by atoms with Crippen LogP contribution >= 0.6 is 0 Å². The molecular formula is C19H30N2. The number of aryl methyl sites for hydroxylation is 2. The van der Waals surface area contributed by atoms with Crippen LogP contribution in [-0.2, 0) is 19.3 Å². The van der Waals surface area contributed by atoms with Crippen LogP contribution in [-0.4, -0.2) is 30.6 Å². The van der Waals surface area contributed by atoms with Crippen molar-refractivity contribution >= 4 is 0 Å². The summed E-state index contributed by atoms with van der Waals surface area (Å²) in [5.74, 6) is 0. The van der Waals surface area contributed by atoms with Gasteiger partial charge < -0.3 is 10.6 Å². The summed E-state index contributed by atoms with van der Waals surface area (Å²) in [5.41, 5.74) is 11.5. The Morgan fingerprint density at radius 1 is 1.05 bits per heavy atom. The lowest BCUT2D eigenvalue weighted by atomic mass is 9.74. The fourth-order valence-corrected chi connectivity index (χ4v) is 4.51. The molecule has 0 heterocycles. The zero-order valence-corrected chi connectivity index (χ0v) is 13.7. The van der Waals surface area contributed by atoms with Crippen molar-refractivity contribution in [1.82, 2.24) is 4.90 Å². The van der Waals surface area contributed by atoms with Crippen molar-refractivity contribution in [3.05, 3.63) is 34.9 Å². The maximum absolute atomic E-state index is 6.72. The van der Waals surface area contributed by atoms with Gasteiger partial charge in [0, 0.05) is 11.6 Å². The van der Waals surface area contributed by atoms with Gasteiger partial charge in [0.2, 0.25) is 0 Å². The molecule has 2 N–H and O–H groups in total. The van der Waals surface area contributed by atoms with Crippen molar-refractivity contribution in [2.24, 2.45) is 5.73 Å². The zero-order valence-electron chi connectivity index (χ0n) is 13.7. The van der Waals surface area contributed by atoms with E-state index in [1.807, 2.05) is 0 Å². The van der Waals surface area contributed by atoms with E-state index in [2.05, 4.69) is 37.2 Å². The van der Waals surface area contributed by atoms with E-state index in [0.717, 1.165) is 6.42 Å². The predicted molar refractivity (Wildman–Crippen MR) is 89.6 cm³/mol. The first kappa shape index (κ1) is 15.1. The Hall–Kier alpha value is -0.860. The van der Waals surface area contributed by atoms with Crippen LogP contribution in [0.5, 0.6) is 0 Å². The molecule has 1 fully saturated rings. The molecule has 2 nitrogen and oxygen atoms in total. The first-order chi connectivity index (χ1) is 10.1. The van der Waals surface area contributed by atoms with Crippen molar-refractivity contribution in [1.29, 1.82) is 0 Å². The van der Waals surface area contributed by atoms with Crippen LogP contribution in [0.2, 0.25) is 0 Å². The average Bonchev–Trinajstić information content (AvgIpc) is 2.95. The molecule has 0 radical (unpaired) electrons. The Labute approximate surface area is 129 Å². The minimum absolute atomic E-state index is 0.206. The van der Waals surface area contributed by atoms with E-state index in [0.29, 0.717) is 0 Å². The van der Waals surface area contributed by atoms with Gasteiger partial charge in [0.15, 0.2) is 0 Å². The molecule has 3 rings (SSSR count). The largest absolute Gasteiger partial charge is 0.326 e. The number of fused-ring (bicyclic) bond motifs is 1. The van der Waals surface area contributed by atoms with Gasteiger partial charge in [0.1, 0.15) is 0 Å². The highest BCUT2D eigenvalue weighted by atomic mass is 15.2. The molecule has 21 heavy (non-hydrogen) atoms. The van der Waals surface area contributed by atoms with Gasteiger partial charge in [0.05, 0.1) is 0 Å². The monoisotopic (exact) mass is 286 g/mol. The number of benzene rings is 1. The summed E-state index contributed by atoms with van der Waals surface area (Å²) in [6.45, 7) is 0. The number of nitrogens with two attached hydrogens (primary N) is 1. The molecule has 1 aromatic rings. The fourth-order valence-electron chi connectivity index (χ4n) is 4.51. The van der Waals surface area contributed by atoms with Gasteiger partial charge in [-0.05, 0) is 69.3 Å². The molecule has 0 amide bonds. The van der Waals surface area contributed by atoms with Gasteiger partial charge in [-0.15, -0.1) is 0 Å². The van der Waals surface area contributed by atoms with E-state index >= 15 is 0 Å². The summed E-state index contributed by atoms with van der Waals surface area (Å²) in [7, 11) is 4.43. The fraction of sp³-hybridized carbons (Fsp3) is 0.684. The molecule has 1 saturated carbocycles. The molecule has 0 aliphatic heterocycles. The van der Waals surface area contributed by atoms with Gasteiger partial charge >= 0.3 is 0 Å². The summed E-state index contributed by atoms with van der Waals surface area (Å²) >= 11 is 0. The van der Waals surface area contributed by atoms with Gasteiger partial charge in [-0.2, -0.15) is 0 Å². The summed E-state index contributed by atoms with van der Waals surface area (Å²) in [5, 5.41) is 0. The highest BCUT2D eigenvalue weighted by Crippen LogP contribution is 2.35. The Morgan fingerprint density at radius 2 is 1.76 bits per heavy atom. The van der Waals surface area contributed by atoms with Gasteiger partial charge in [-0.25, -0.2) is 0 Å². The molecule has 2 aliphatic rings. The van der Waals surface area contributed by atoms with Crippen LogP contribution in [0.25, 0.3) is 0 Å². The zero-order chi connectivity index (χ0) is 14.9. The van der Waals surface area contributed by atoms with Crippen LogP contribution in [0.15, 0.2) is 18.2 Å². The molecule has 2 aliphatic carbocycles. The Kier molecular flexibility index (Phi) is 4.37. The number of rotatable bonds is 4. The molecule has 116 valence electrons. The summed E-state index contributed by atoms with van der Waals surface area (Å²) in [4.78, 5) is 2.41. The van der Waals surface area contributed by atoms with E-state index in [-0.39, 0.29) is 11.6 Å². The topological polar surface area (TPSA) is 29.3 Å². The number of hydrogen-bond donors (Lipinski definition) is 1. The van der Waals surface area contributed by atoms with Crippen molar-refractivity contribution < 1.29 is 0 Å². The Bertz CT molecular complexity index is 486. The molecule has 0 spiro atoms. The lowest BCUT2D eigenvalue weighted by molar-refractivity contribution is 0.0716. The molecule has 1 aromatic carbocycles. The molecule has 0 aromatic heterocycles. The predicted octanol–water partition coefficient (Wildman–Crippen LogP) is 3.31. The molecule has 0 bridgehead atoms. The highest BCUT2D eigenvalue weighted by molar-refractivity contribution is 5.35. The van der Waals surface area contributed by atoms with E-state index in [1.54, 1.807) is 11.1 Å². The van der Waals surface area contributed by atoms with Crippen LogP contribution < -0.4 is 5.73 Å². The number of nitrogens with zero attached hydrogens (tertiary/aromatic N) is 1. The normalized spacial score (nSPS) is 22.3. The SMILES string of the molecule is CN(C)C1(C(N)Cc2ccc3c(c2)CCC3)CCCCC1. The quantitative estimate of drug-likeness (QED) is 0.920. The van der Waals surface area contributed by atoms with Crippen LogP contribution in [0.4, 0.5) is 0 Å². The highest BCUT2D eigenvalue weighted by Gasteiger charge is 2.39. The minimum atomic E-state index is 0.206. The first-order valence-corrected chi connectivity index (χ1v) is 8.65. The maximum atomic E-state index is 6.72. The van der Waals surface area contributed by atoms with Crippen molar-refractivity contribution in [3.63, 3.8) is 0 Å². The lowest BCUT2D eigenvalue weighted by Crippen LogP contribution is -2.59. The lowest BCUT2D eigenvalue weighted by Gasteiger charge is -2.47. The second-order valence-corrected chi connectivity index (χ2v) is 7.33. The molecule has 0 saturated heterocycles. The second-order valence-electron chi connectivity index (χ2n) is 7.33. The van der Waals surface area contributed by atoms with E-state index in [9.17, 15) is 0 Å². The third kappa shape index (κ3) is 2.89. The molecule has 1 atom stereocenters. The van der Waals surface area contributed by atoms with Crippen LogP contribution in [0.1, 0.15) is 55.2 Å². The maximum Gasteiger partial charge on any atom is 0.0357 e. The van der Waals surface area contributed by atoms with Crippen molar-refractivity contribution in [2.45, 2.75) is 69.4 Å². The van der Waals surface area contributed by atoms with E-state index in [1.165, 1.54) is 56.9 Å². The summed E-state index contributed by atoms with van der Waals surface area (Å²) in [6.07, 6.45) is 11.4. The van der Waals surface area contributed by atoms with Crippen LogP contribution in [0.3, 0.4) is 0 Å². The summed E-state index contributed by atoms with van der Waals surface area (Å²) < 4.78 is 0. The second kappa shape index (κ2) is 6.10. The van der Waals surface area contributed by atoms with Gasteiger partial charge in [0.25, 0.3) is 0 Å². The third-order valence-electron chi connectivity index (χ3n) is 5.92. The third-order valence-corrected chi connectivity index (χ3v) is 5.92. The average molecular weight is 286 g/mol. The number of hydrogen-bond acceptors (Lipinski definition) is 2. The van der Waals surface area contributed by atoms with Gasteiger partial charge in [-0.3, -0.25) is 0 Å². The molecule has 2 heteroatoms. The van der Waals surface area contributed by atoms with E-state index < -0.39 is 0 Å². The van der Waals surface area contributed by atoms with Crippen LogP contribution in [0, 0.1) is 0 Å². The van der Waals surface area contributed by atoms with Crippen molar-refractivity contribution in [3.8, 4) is 0 Å². The smallest absolute Gasteiger partial charge is 0.0357 e. The Morgan fingerprint density at radius 3 is 2.48 bits per heavy atom. The Balaban J connectivity index is 1.76. The summed E-state index contributed by atoms with van der Waals surface area (Å²) in [6, 6.07) is 7.32. The number of likely N-dealkylation sites (N-methyl/N-ethyl adjacent to an activating group) is 1. The van der Waals surface area contributed by atoms with Gasteiger partial charge in [-0.1, -0.05) is 37.5 Å². The molecule has 1 unspecified atom stereocenters. The molecular weight excluding hydrogens is 256 g/mol. The minimum Gasteiger partial charge on any atom is -0.326 e. The first-order valence-electron chi connectivity index (χ1n) is 8.65.